The average Bonchev–Trinajstić information content (AvgIpc) is 2.74. The Morgan fingerprint density at radius 1 is 0.903 bits per heavy atom. The predicted molar refractivity (Wildman–Crippen MR) is 125 cm³/mol. The van der Waals surface area contributed by atoms with E-state index < -0.39 is 0 Å². The van der Waals surface area contributed by atoms with Gasteiger partial charge in [-0.2, -0.15) is 0 Å². The van der Waals surface area contributed by atoms with Crippen molar-refractivity contribution in [2.75, 3.05) is 41.7 Å². The van der Waals surface area contributed by atoms with Gasteiger partial charge in [-0.1, -0.05) is 36.4 Å². The van der Waals surface area contributed by atoms with Gasteiger partial charge >= 0.3 is 6.03 Å². The molecule has 2 N–H and O–H groups in total. The summed E-state index contributed by atoms with van der Waals surface area (Å²) in [7, 11) is 0. The molecular weight excluding hydrogens is 388 g/mol. The maximum absolute atomic E-state index is 12.4. The van der Waals surface area contributed by atoms with Crippen LogP contribution in [0.2, 0.25) is 0 Å². The summed E-state index contributed by atoms with van der Waals surface area (Å²) in [5.41, 5.74) is 4.30. The van der Waals surface area contributed by atoms with Crippen molar-refractivity contribution in [3.63, 3.8) is 0 Å². The lowest BCUT2D eigenvalue weighted by Crippen LogP contribution is -2.46. The molecule has 2 aromatic carbocycles. The second-order valence-electron chi connectivity index (χ2n) is 7.97. The molecule has 4 rings (SSSR count). The molecular formula is C24H28N6O. The Kier molecular flexibility index (Phi) is 6.43. The fourth-order valence-corrected chi connectivity index (χ4v) is 3.89. The first-order valence-electron chi connectivity index (χ1n) is 10.5. The van der Waals surface area contributed by atoms with Gasteiger partial charge in [-0.3, -0.25) is 10.2 Å². The molecule has 1 aromatic heterocycles. The Balaban J connectivity index is 1.32. The monoisotopic (exact) mass is 416 g/mol. The minimum absolute atomic E-state index is 0.317. The number of rotatable bonds is 5. The molecule has 0 atom stereocenters. The quantitative estimate of drug-likeness (QED) is 0.656. The maximum atomic E-state index is 12.4. The molecule has 2 heterocycles. The van der Waals surface area contributed by atoms with Crippen LogP contribution in [0.1, 0.15) is 16.7 Å². The smallest absolute Gasteiger partial charge is 0.324 e. The minimum Gasteiger partial charge on any atom is -0.354 e. The molecule has 31 heavy (non-hydrogen) atoms. The highest BCUT2D eigenvalue weighted by Gasteiger charge is 2.19. The van der Waals surface area contributed by atoms with Crippen molar-refractivity contribution < 1.29 is 4.79 Å². The van der Waals surface area contributed by atoms with E-state index in [0.29, 0.717) is 5.82 Å². The summed E-state index contributed by atoms with van der Waals surface area (Å²) < 4.78 is 0. The normalized spacial score (nSPS) is 14.3. The molecule has 7 nitrogen and oxygen atoms in total. The minimum atomic E-state index is -0.317. The number of nitrogens with one attached hydrogen (secondary N) is 2. The molecule has 0 saturated carbocycles. The van der Waals surface area contributed by atoms with Crippen LogP contribution in [0, 0.1) is 13.8 Å². The third kappa shape index (κ3) is 5.79. The van der Waals surface area contributed by atoms with E-state index in [1.54, 1.807) is 0 Å². The molecule has 7 heteroatoms. The summed E-state index contributed by atoms with van der Waals surface area (Å²) in [4.78, 5) is 25.7. The Hall–Kier alpha value is -3.45. The number of carbonyl (C=O) groups excluding carboxylic acids is 1. The summed E-state index contributed by atoms with van der Waals surface area (Å²) in [6.45, 7) is 8.68. The van der Waals surface area contributed by atoms with E-state index in [-0.39, 0.29) is 6.03 Å². The van der Waals surface area contributed by atoms with Crippen molar-refractivity contribution in [2.24, 2.45) is 0 Å². The maximum Gasteiger partial charge on any atom is 0.324 e. The van der Waals surface area contributed by atoms with Crippen LogP contribution in [0.15, 0.2) is 60.9 Å². The highest BCUT2D eigenvalue weighted by Crippen LogP contribution is 2.18. The Morgan fingerprint density at radius 3 is 2.32 bits per heavy atom. The lowest BCUT2D eigenvalue weighted by Gasteiger charge is -2.35. The number of urea groups is 1. The fraction of sp³-hybridized carbons (Fsp3) is 0.292. The van der Waals surface area contributed by atoms with Gasteiger partial charge < -0.3 is 10.2 Å². The third-order valence-corrected chi connectivity index (χ3v) is 5.32. The van der Waals surface area contributed by atoms with Crippen LogP contribution in [-0.2, 0) is 6.54 Å². The van der Waals surface area contributed by atoms with Crippen LogP contribution < -0.4 is 15.5 Å². The summed E-state index contributed by atoms with van der Waals surface area (Å²) in [5.74, 6) is 1.31. The lowest BCUT2D eigenvalue weighted by molar-refractivity contribution is 0.249. The Morgan fingerprint density at radius 2 is 1.61 bits per heavy atom. The summed E-state index contributed by atoms with van der Waals surface area (Å²) >= 11 is 0. The number of anilines is 3. The van der Waals surface area contributed by atoms with Crippen LogP contribution in [0.4, 0.5) is 22.1 Å². The molecule has 0 bridgehead atoms. The van der Waals surface area contributed by atoms with E-state index in [2.05, 4.69) is 60.7 Å². The van der Waals surface area contributed by atoms with Gasteiger partial charge in [0.05, 0.1) is 0 Å². The molecule has 0 spiro atoms. The molecule has 160 valence electrons. The predicted octanol–water partition coefficient (Wildman–Crippen LogP) is 4.06. The van der Waals surface area contributed by atoms with E-state index >= 15 is 0 Å². The number of hydrogen-bond donors (Lipinski definition) is 2. The third-order valence-electron chi connectivity index (χ3n) is 5.32. The van der Waals surface area contributed by atoms with Gasteiger partial charge in [0.1, 0.15) is 18.0 Å². The molecule has 2 amide bonds. The number of carbonyl (C=O) groups is 1. The average molecular weight is 417 g/mol. The molecule has 3 aromatic rings. The standard InChI is InChI=1S/C24H28N6O/c1-18-12-19(2)14-21(13-18)27-24(31)28-22-15-23(26-17-25-22)30-10-8-29(9-11-30)16-20-6-4-3-5-7-20/h3-7,12-15,17H,8-11,16H2,1-2H3,(H2,25,26,27,28,31). The van der Waals surface area contributed by atoms with Crippen molar-refractivity contribution in [2.45, 2.75) is 20.4 Å². The zero-order valence-corrected chi connectivity index (χ0v) is 18.0. The zero-order valence-electron chi connectivity index (χ0n) is 18.0. The highest BCUT2D eigenvalue weighted by atomic mass is 16.2. The molecule has 0 unspecified atom stereocenters. The van der Waals surface area contributed by atoms with Crippen LogP contribution in [0.3, 0.4) is 0 Å². The van der Waals surface area contributed by atoms with E-state index in [4.69, 9.17) is 0 Å². The molecule has 1 fully saturated rings. The van der Waals surface area contributed by atoms with E-state index in [1.165, 1.54) is 11.9 Å². The number of aromatic nitrogens is 2. The first-order valence-corrected chi connectivity index (χ1v) is 10.5. The van der Waals surface area contributed by atoms with E-state index in [0.717, 1.165) is 55.4 Å². The van der Waals surface area contributed by atoms with Gasteiger partial charge in [0, 0.05) is 44.5 Å². The van der Waals surface area contributed by atoms with Gasteiger partial charge in [-0.05, 0) is 42.7 Å². The van der Waals surface area contributed by atoms with E-state index in [9.17, 15) is 4.79 Å². The molecule has 0 radical (unpaired) electrons. The number of nitrogens with zero attached hydrogens (tertiary/aromatic N) is 4. The van der Waals surface area contributed by atoms with Gasteiger partial charge in [-0.25, -0.2) is 14.8 Å². The zero-order chi connectivity index (χ0) is 21.6. The SMILES string of the molecule is Cc1cc(C)cc(NC(=O)Nc2cc(N3CCN(Cc4ccccc4)CC3)ncn2)c1. The number of piperazine rings is 1. The number of hydrogen-bond acceptors (Lipinski definition) is 5. The van der Waals surface area contributed by atoms with Gasteiger partial charge in [0.15, 0.2) is 0 Å². The number of aryl methyl sites for hydroxylation is 2. The van der Waals surface area contributed by atoms with Gasteiger partial charge in [0.25, 0.3) is 0 Å². The lowest BCUT2D eigenvalue weighted by atomic mass is 10.1. The summed E-state index contributed by atoms with van der Waals surface area (Å²) in [6, 6.07) is 18.0. The van der Waals surface area contributed by atoms with Gasteiger partial charge in [-0.15, -0.1) is 0 Å². The summed E-state index contributed by atoms with van der Waals surface area (Å²) in [5, 5.41) is 5.68. The number of benzene rings is 2. The largest absolute Gasteiger partial charge is 0.354 e. The van der Waals surface area contributed by atoms with Crippen LogP contribution in [0.25, 0.3) is 0 Å². The van der Waals surface area contributed by atoms with Crippen LogP contribution >= 0.6 is 0 Å². The summed E-state index contributed by atoms with van der Waals surface area (Å²) in [6.07, 6.45) is 1.50. The Labute approximate surface area is 183 Å². The van der Waals surface area contributed by atoms with Crippen LogP contribution in [-0.4, -0.2) is 47.1 Å². The fourth-order valence-electron chi connectivity index (χ4n) is 3.89. The first-order chi connectivity index (χ1) is 15.0. The van der Waals surface area contributed by atoms with Gasteiger partial charge in [0.2, 0.25) is 0 Å². The molecule has 1 saturated heterocycles. The molecule has 1 aliphatic rings. The first kappa shape index (κ1) is 20.8. The van der Waals surface area contributed by atoms with E-state index in [1.807, 2.05) is 38.1 Å². The second-order valence-corrected chi connectivity index (χ2v) is 7.97. The molecule has 0 aliphatic carbocycles. The molecule has 1 aliphatic heterocycles. The van der Waals surface area contributed by atoms with Crippen molar-refractivity contribution in [1.29, 1.82) is 0 Å². The van der Waals surface area contributed by atoms with Crippen molar-refractivity contribution in [1.82, 2.24) is 14.9 Å². The number of amides is 2. The topological polar surface area (TPSA) is 73.4 Å². The highest BCUT2D eigenvalue weighted by molar-refractivity contribution is 5.99. The Bertz CT molecular complexity index is 1010. The van der Waals surface area contributed by atoms with Crippen LogP contribution in [0.5, 0.6) is 0 Å². The van der Waals surface area contributed by atoms with Crippen molar-refractivity contribution in [3.05, 3.63) is 77.6 Å². The second kappa shape index (κ2) is 9.57. The van der Waals surface area contributed by atoms with Crippen molar-refractivity contribution >= 4 is 23.4 Å². The van der Waals surface area contributed by atoms with Crippen molar-refractivity contribution in [3.8, 4) is 0 Å².